The Bertz CT molecular complexity index is 377. The van der Waals surface area contributed by atoms with Crippen molar-refractivity contribution in [2.75, 3.05) is 0 Å². The predicted molar refractivity (Wildman–Crippen MR) is 64.8 cm³/mol. The summed E-state index contributed by atoms with van der Waals surface area (Å²) in [5.74, 6) is -0.233. The lowest BCUT2D eigenvalue weighted by Gasteiger charge is -2.22. The first kappa shape index (κ1) is 12.5. The van der Waals surface area contributed by atoms with Crippen molar-refractivity contribution < 1.29 is 9.53 Å². The summed E-state index contributed by atoms with van der Waals surface area (Å²) in [6, 6.07) is 9.64. The van der Waals surface area contributed by atoms with E-state index in [1.54, 1.807) is 0 Å². The maximum atomic E-state index is 11.8. The molecule has 2 nitrogen and oxygen atoms in total. The molecule has 0 N–H and O–H groups in total. The lowest BCUT2D eigenvalue weighted by molar-refractivity contribution is -0.153. The van der Waals surface area contributed by atoms with Crippen LogP contribution in [0.1, 0.15) is 26.3 Å². The summed E-state index contributed by atoms with van der Waals surface area (Å²) in [7, 11) is 0. The number of benzene rings is 1. The predicted octanol–water partition coefficient (Wildman–Crippen LogP) is 3.33. The van der Waals surface area contributed by atoms with Crippen molar-refractivity contribution in [1.82, 2.24) is 0 Å². The Balaban J connectivity index is 2.57. The minimum Gasteiger partial charge on any atom is -0.460 e. The van der Waals surface area contributed by atoms with Crippen molar-refractivity contribution in [2.45, 2.75) is 27.4 Å². The molecule has 0 saturated carbocycles. The molecule has 16 heavy (non-hydrogen) atoms. The zero-order valence-corrected chi connectivity index (χ0v) is 10.1. The highest BCUT2D eigenvalue weighted by atomic mass is 16.5. The smallest absolute Gasteiger partial charge is 0.315 e. The maximum absolute atomic E-state index is 11.8. The van der Waals surface area contributed by atoms with Gasteiger partial charge < -0.3 is 4.74 Å². The molecule has 1 aromatic carbocycles. The number of carbonyl (C=O) groups excluding carboxylic acids is 1. The Kier molecular flexibility index (Phi) is 3.88. The molecule has 1 rings (SSSR count). The van der Waals surface area contributed by atoms with Gasteiger partial charge in [0.25, 0.3) is 0 Å². The van der Waals surface area contributed by atoms with E-state index in [0.29, 0.717) is 6.61 Å². The van der Waals surface area contributed by atoms with E-state index in [-0.39, 0.29) is 5.97 Å². The quantitative estimate of drug-likeness (QED) is 0.572. The lowest BCUT2D eigenvalue weighted by atomic mass is 9.86. The highest BCUT2D eigenvalue weighted by Crippen LogP contribution is 2.26. The Morgan fingerprint density at radius 2 is 1.88 bits per heavy atom. The standard InChI is InChI=1S/C14H18O2/c1-11(2)14(3,4)13(15)16-10-12-8-6-5-7-9-12/h5-9H,1,10H2,2-4H3. The number of hydrogen-bond acceptors (Lipinski definition) is 2. The van der Waals surface area contributed by atoms with Crippen LogP contribution < -0.4 is 0 Å². The zero-order valence-electron chi connectivity index (χ0n) is 10.1. The van der Waals surface area contributed by atoms with Crippen molar-refractivity contribution in [3.63, 3.8) is 0 Å². The Labute approximate surface area is 96.9 Å². The third kappa shape index (κ3) is 2.96. The van der Waals surface area contributed by atoms with E-state index >= 15 is 0 Å². The molecule has 0 spiro atoms. The van der Waals surface area contributed by atoms with Gasteiger partial charge in [0.2, 0.25) is 0 Å². The Hall–Kier alpha value is -1.57. The van der Waals surface area contributed by atoms with Crippen LogP contribution in [0.2, 0.25) is 0 Å². The second-order valence-electron chi connectivity index (χ2n) is 4.47. The van der Waals surface area contributed by atoms with Crippen LogP contribution in [0.5, 0.6) is 0 Å². The molecule has 0 atom stereocenters. The number of ether oxygens (including phenoxy) is 1. The third-order valence-corrected chi connectivity index (χ3v) is 2.79. The van der Waals surface area contributed by atoms with Crippen LogP contribution in [-0.2, 0) is 16.1 Å². The van der Waals surface area contributed by atoms with Crippen LogP contribution in [0, 0.1) is 5.41 Å². The van der Waals surface area contributed by atoms with Crippen LogP contribution in [-0.4, -0.2) is 5.97 Å². The topological polar surface area (TPSA) is 26.3 Å². The Morgan fingerprint density at radius 1 is 1.31 bits per heavy atom. The van der Waals surface area contributed by atoms with Gasteiger partial charge in [-0.05, 0) is 26.3 Å². The molecule has 0 aliphatic heterocycles. The molecule has 0 unspecified atom stereocenters. The molecule has 2 heteroatoms. The largest absolute Gasteiger partial charge is 0.460 e. The first-order valence-corrected chi connectivity index (χ1v) is 5.31. The summed E-state index contributed by atoms with van der Waals surface area (Å²) in [6.45, 7) is 9.60. The summed E-state index contributed by atoms with van der Waals surface area (Å²) in [6.07, 6.45) is 0. The first-order valence-electron chi connectivity index (χ1n) is 5.31. The monoisotopic (exact) mass is 218 g/mol. The second-order valence-corrected chi connectivity index (χ2v) is 4.47. The van der Waals surface area contributed by atoms with Crippen LogP contribution in [0.15, 0.2) is 42.5 Å². The molecule has 0 heterocycles. The molecule has 0 bridgehead atoms. The van der Waals surface area contributed by atoms with Gasteiger partial charge in [-0.1, -0.05) is 42.5 Å². The number of rotatable bonds is 4. The van der Waals surface area contributed by atoms with E-state index in [1.165, 1.54) is 0 Å². The fourth-order valence-corrected chi connectivity index (χ4v) is 1.08. The average molecular weight is 218 g/mol. The summed E-state index contributed by atoms with van der Waals surface area (Å²) in [5, 5.41) is 0. The highest BCUT2D eigenvalue weighted by molar-refractivity contribution is 5.79. The first-order chi connectivity index (χ1) is 7.44. The van der Waals surface area contributed by atoms with E-state index < -0.39 is 5.41 Å². The average Bonchev–Trinajstić information content (AvgIpc) is 2.27. The Morgan fingerprint density at radius 3 is 2.38 bits per heavy atom. The molecular weight excluding hydrogens is 200 g/mol. The third-order valence-electron chi connectivity index (χ3n) is 2.79. The van der Waals surface area contributed by atoms with Gasteiger partial charge in [0.1, 0.15) is 6.61 Å². The van der Waals surface area contributed by atoms with Crippen molar-refractivity contribution in [1.29, 1.82) is 0 Å². The normalized spacial score (nSPS) is 10.9. The van der Waals surface area contributed by atoms with E-state index in [1.807, 2.05) is 51.1 Å². The molecule has 0 fully saturated rings. The zero-order chi connectivity index (χ0) is 12.2. The van der Waals surface area contributed by atoms with Crippen LogP contribution in [0.3, 0.4) is 0 Å². The van der Waals surface area contributed by atoms with Gasteiger partial charge in [0.05, 0.1) is 5.41 Å². The maximum Gasteiger partial charge on any atom is 0.315 e. The van der Waals surface area contributed by atoms with Crippen LogP contribution in [0.25, 0.3) is 0 Å². The molecule has 86 valence electrons. The lowest BCUT2D eigenvalue weighted by Crippen LogP contribution is -2.27. The van der Waals surface area contributed by atoms with Gasteiger partial charge in [-0.2, -0.15) is 0 Å². The summed E-state index contributed by atoms with van der Waals surface area (Å²) in [4.78, 5) is 11.8. The van der Waals surface area contributed by atoms with Gasteiger partial charge >= 0.3 is 5.97 Å². The van der Waals surface area contributed by atoms with Crippen molar-refractivity contribution in [2.24, 2.45) is 5.41 Å². The number of hydrogen-bond donors (Lipinski definition) is 0. The van der Waals surface area contributed by atoms with Crippen molar-refractivity contribution in [3.05, 3.63) is 48.0 Å². The van der Waals surface area contributed by atoms with Crippen molar-refractivity contribution in [3.8, 4) is 0 Å². The van der Waals surface area contributed by atoms with E-state index in [4.69, 9.17) is 4.74 Å². The molecule has 0 radical (unpaired) electrons. The molecule has 0 aromatic heterocycles. The molecule has 1 aromatic rings. The molecule has 0 saturated heterocycles. The SMILES string of the molecule is C=C(C)C(C)(C)C(=O)OCc1ccccc1. The van der Waals surface area contributed by atoms with E-state index in [2.05, 4.69) is 6.58 Å². The fourth-order valence-electron chi connectivity index (χ4n) is 1.08. The van der Waals surface area contributed by atoms with Gasteiger partial charge in [0, 0.05) is 0 Å². The van der Waals surface area contributed by atoms with Crippen LogP contribution in [0.4, 0.5) is 0 Å². The van der Waals surface area contributed by atoms with Gasteiger partial charge in [-0.3, -0.25) is 4.79 Å². The summed E-state index contributed by atoms with van der Waals surface area (Å²) < 4.78 is 5.25. The van der Waals surface area contributed by atoms with Crippen molar-refractivity contribution >= 4 is 5.97 Å². The van der Waals surface area contributed by atoms with Gasteiger partial charge in [0.15, 0.2) is 0 Å². The summed E-state index contributed by atoms with van der Waals surface area (Å²) >= 11 is 0. The highest BCUT2D eigenvalue weighted by Gasteiger charge is 2.30. The summed E-state index contributed by atoms with van der Waals surface area (Å²) in [5.41, 5.74) is 1.19. The minimum atomic E-state index is -0.616. The number of carbonyl (C=O) groups is 1. The second kappa shape index (κ2) is 4.97. The molecule has 0 aliphatic carbocycles. The molecule has 0 amide bonds. The van der Waals surface area contributed by atoms with Gasteiger partial charge in [-0.15, -0.1) is 0 Å². The fraction of sp³-hybridized carbons (Fsp3) is 0.357. The van der Waals surface area contributed by atoms with E-state index in [0.717, 1.165) is 11.1 Å². The molecule has 0 aliphatic rings. The van der Waals surface area contributed by atoms with Crippen LogP contribution >= 0.6 is 0 Å². The van der Waals surface area contributed by atoms with Gasteiger partial charge in [-0.25, -0.2) is 0 Å². The van der Waals surface area contributed by atoms with E-state index in [9.17, 15) is 4.79 Å². The number of esters is 1. The minimum absolute atomic E-state index is 0.233. The molecular formula is C14H18O2.